The van der Waals surface area contributed by atoms with Crippen LogP contribution in [0, 0.1) is 10.1 Å². The number of nitro groups is 1. The number of nitrogens with zero attached hydrogens (tertiary/aromatic N) is 6. The summed E-state index contributed by atoms with van der Waals surface area (Å²) in [5.74, 6) is 1.15. The van der Waals surface area contributed by atoms with Crippen molar-refractivity contribution in [3.63, 3.8) is 0 Å². The first-order valence-corrected chi connectivity index (χ1v) is 12.3. The maximum absolute atomic E-state index is 11.1. The lowest BCUT2D eigenvalue weighted by Crippen LogP contribution is -2.16. The Kier molecular flexibility index (Phi) is 7.91. The Morgan fingerprint density at radius 2 is 1.51 bits per heavy atom. The molecule has 3 N–H and O–H groups in total. The summed E-state index contributed by atoms with van der Waals surface area (Å²) in [6.45, 7) is 0. The molecule has 5 rings (SSSR count). The van der Waals surface area contributed by atoms with Crippen LogP contribution >= 0.6 is 0 Å². The Labute approximate surface area is 234 Å². The van der Waals surface area contributed by atoms with Gasteiger partial charge in [-0.3, -0.25) is 15.0 Å². The monoisotopic (exact) mass is 548 g/mol. The van der Waals surface area contributed by atoms with E-state index in [-0.39, 0.29) is 28.9 Å². The lowest BCUT2D eigenvalue weighted by atomic mass is 10.2. The summed E-state index contributed by atoms with van der Waals surface area (Å²) in [4.78, 5) is 26.2. The smallest absolute Gasteiger partial charge is 0.270 e. The van der Waals surface area contributed by atoms with Gasteiger partial charge in [0.15, 0.2) is 0 Å². The molecule has 0 atom stereocenters. The van der Waals surface area contributed by atoms with Crippen molar-refractivity contribution in [3.8, 4) is 11.5 Å². The molecule has 0 bridgehead atoms. The molecule has 204 valence electrons. The highest BCUT2D eigenvalue weighted by Crippen LogP contribution is 2.33. The highest BCUT2D eigenvalue weighted by Gasteiger charge is 2.18. The Morgan fingerprint density at radius 1 is 0.878 bits per heavy atom. The number of para-hydroxylation sites is 2. The second-order valence-corrected chi connectivity index (χ2v) is 8.51. The fraction of sp³-hybridized carbons (Fsp3) is 0.0345. The minimum absolute atomic E-state index is 0.0871. The highest BCUT2D eigenvalue weighted by atomic mass is 16.6. The van der Waals surface area contributed by atoms with Gasteiger partial charge in [0.05, 0.1) is 18.2 Å². The van der Waals surface area contributed by atoms with Crippen molar-refractivity contribution < 1.29 is 14.8 Å². The zero-order valence-electron chi connectivity index (χ0n) is 21.7. The van der Waals surface area contributed by atoms with Crippen molar-refractivity contribution in [2.45, 2.75) is 0 Å². The van der Waals surface area contributed by atoms with Gasteiger partial charge >= 0.3 is 0 Å². The Morgan fingerprint density at radius 3 is 2.12 bits per heavy atom. The summed E-state index contributed by atoms with van der Waals surface area (Å²) >= 11 is 0. The van der Waals surface area contributed by atoms with Gasteiger partial charge in [0, 0.05) is 34.8 Å². The van der Waals surface area contributed by atoms with Crippen LogP contribution in [0.4, 0.5) is 40.6 Å². The third kappa shape index (κ3) is 6.52. The first kappa shape index (κ1) is 26.6. The molecule has 0 aliphatic heterocycles. The quantitative estimate of drug-likeness (QED) is 0.105. The van der Waals surface area contributed by atoms with E-state index >= 15 is 0 Å². The molecule has 0 saturated carbocycles. The summed E-state index contributed by atoms with van der Waals surface area (Å²) in [5.41, 5.74) is 5.06. The van der Waals surface area contributed by atoms with Gasteiger partial charge in [-0.2, -0.15) is 20.1 Å². The Hall–Kier alpha value is -6.04. The van der Waals surface area contributed by atoms with Gasteiger partial charge in [0.2, 0.25) is 17.8 Å². The molecular formula is C29H24N8O4. The van der Waals surface area contributed by atoms with Gasteiger partial charge in [0.1, 0.15) is 11.5 Å². The summed E-state index contributed by atoms with van der Waals surface area (Å²) in [7, 11) is 1.59. The predicted octanol–water partition coefficient (Wildman–Crippen LogP) is 6.15. The maximum Gasteiger partial charge on any atom is 0.270 e. The van der Waals surface area contributed by atoms with Crippen molar-refractivity contribution in [1.29, 1.82) is 0 Å². The standard InChI is InChI=1S/C29H24N8O4/c1-41-25-15-12-21(13-16-25)31-27-32-28(35-30-19-20-18-24(37(39)40)14-17-26(20)38)34-29(33-27)36(22-8-4-2-5-9-22)23-10-6-3-7-11-23/h2-19,38H,1H3,(H2,31,32,33,34,35). The minimum Gasteiger partial charge on any atom is -0.507 e. The third-order valence-corrected chi connectivity index (χ3v) is 5.79. The number of nitrogens with one attached hydrogen (secondary N) is 2. The Balaban J connectivity index is 1.54. The van der Waals surface area contributed by atoms with Crippen molar-refractivity contribution >= 4 is 46.8 Å². The number of anilines is 6. The van der Waals surface area contributed by atoms with Crippen LogP contribution in [0.1, 0.15) is 5.56 Å². The third-order valence-electron chi connectivity index (χ3n) is 5.79. The van der Waals surface area contributed by atoms with Crippen molar-refractivity contribution in [2.75, 3.05) is 22.8 Å². The topological polar surface area (TPSA) is 151 Å². The van der Waals surface area contributed by atoms with Crippen LogP contribution in [-0.2, 0) is 0 Å². The number of hydrogen-bond acceptors (Lipinski definition) is 11. The van der Waals surface area contributed by atoms with Crippen LogP contribution < -0.4 is 20.4 Å². The van der Waals surface area contributed by atoms with E-state index in [0.29, 0.717) is 17.4 Å². The van der Waals surface area contributed by atoms with Crippen molar-refractivity contribution in [2.24, 2.45) is 5.10 Å². The highest BCUT2D eigenvalue weighted by molar-refractivity contribution is 5.85. The number of non-ortho nitro benzene ring substituents is 1. The number of rotatable bonds is 10. The molecular weight excluding hydrogens is 524 g/mol. The molecule has 0 saturated heterocycles. The number of methoxy groups -OCH3 is 1. The fourth-order valence-corrected chi connectivity index (χ4v) is 3.83. The second kappa shape index (κ2) is 12.2. The number of phenols is 1. The zero-order chi connectivity index (χ0) is 28.6. The van der Waals surface area contributed by atoms with Crippen LogP contribution in [0.2, 0.25) is 0 Å². The SMILES string of the molecule is COc1ccc(Nc2nc(NN=Cc3cc([N+](=O)[O-])ccc3O)nc(N(c3ccccc3)c3ccccc3)n2)cc1. The van der Waals surface area contributed by atoms with Crippen LogP contribution in [0.25, 0.3) is 0 Å². The molecule has 0 radical (unpaired) electrons. The predicted molar refractivity (Wildman–Crippen MR) is 157 cm³/mol. The molecule has 41 heavy (non-hydrogen) atoms. The molecule has 1 aromatic heterocycles. The molecule has 12 heteroatoms. The van der Waals surface area contributed by atoms with Crippen LogP contribution in [0.5, 0.6) is 11.5 Å². The number of nitro benzene ring substituents is 1. The van der Waals surface area contributed by atoms with Gasteiger partial charge < -0.3 is 15.2 Å². The molecule has 0 aliphatic rings. The number of hydrogen-bond donors (Lipinski definition) is 3. The molecule has 0 amide bonds. The van der Waals surface area contributed by atoms with E-state index in [0.717, 1.165) is 11.4 Å². The summed E-state index contributed by atoms with van der Waals surface area (Å²) in [5, 5.41) is 28.6. The number of aromatic nitrogens is 3. The fourth-order valence-electron chi connectivity index (χ4n) is 3.83. The average molecular weight is 549 g/mol. The largest absolute Gasteiger partial charge is 0.507 e. The number of benzene rings is 4. The molecule has 1 heterocycles. The normalized spacial score (nSPS) is 10.8. The molecule has 5 aromatic rings. The lowest BCUT2D eigenvalue weighted by molar-refractivity contribution is -0.384. The number of aromatic hydroxyl groups is 1. The first-order chi connectivity index (χ1) is 20.0. The summed E-state index contributed by atoms with van der Waals surface area (Å²) in [6, 6.07) is 30.1. The number of ether oxygens (including phenoxy) is 1. The molecule has 12 nitrogen and oxygen atoms in total. The molecule has 4 aromatic carbocycles. The minimum atomic E-state index is -0.554. The van der Waals surface area contributed by atoms with E-state index in [2.05, 4.69) is 25.8 Å². The van der Waals surface area contributed by atoms with E-state index in [1.165, 1.54) is 24.4 Å². The maximum atomic E-state index is 11.1. The lowest BCUT2D eigenvalue weighted by Gasteiger charge is -2.23. The van der Waals surface area contributed by atoms with Gasteiger partial charge in [-0.15, -0.1) is 0 Å². The molecule has 0 unspecified atom stereocenters. The van der Waals surface area contributed by atoms with Crippen LogP contribution in [0.15, 0.2) is 108 Å². The van der Waals surface area contributed by atoms with E-state index in [4.69, 9.17) is 9.72 Å². The van der Waals surface area contributed by atoms with Crippen LogP contribution in [-0.4, -0.2) is 38.3 Å². The van der Waals surface area contributed by atoms with E-state index < -0.39 is 4.92 Å². The Bertz CT molecular complexity index is 1630. The van der Waals surface area contributed by atoms with E-state index in [1.807, 2.05) is 77.7 Å². The average Bonchev–Trinajstić information content (AvgIpc) is 2.99. The van der Waals surface area contributed by atoms with Gasteiger partial charge in [0.25, 0.3) is 5.69 Å². The van der Waals surface area contributed by atoms with Gasteiger partial charge in [-0.25, -0.2) is 5.43 Å². The molecule has 0 fully saturated rings. The zero-order valence-corrected chi connectivity index (χ0v) is 21.7. The summed E-state index contributed by atoms with van der Waals surface area (Å²) < 4.78 is 5.24. The molecule has 0 aliphatic carbocycles. The van der Waals surface area contributed by atoms with Crippen LogP contribution in [0.3, 0.4) is 0 Å². The number of hydrazone groups is 1. The van der Waals surface area contributed by atoms with Gasteiger partial charge in [-0.05, 0) is 54.6 Å². The van der Waals surface area contributed by atoms with Crippen molar-refractivity contribution in [1.82, 2.24) is 15.0 Å². The molecule has 0 spiro atoms. The number of phenolic OH excluding ortho intramolecular Hbond substituents is 1. The second-order valence-electron chi connectivity index (χ2n) is 8.51. The van der Waals surface area contributed by atoms with Crippen molar-refractivity contribution in [3.05, 3.63) is 119 Å². The van der Waals surface area contributed by atoms with E-state index in [1.54, 1.807) is 19.2 Å². The summed E-state index contributed by atoms with van der Waals surface area (Å²) in [6.07, 6.45) is 1.24. The van der Waals surface area contributed by atoms with E-state index in [9.17, 15) is 15.2 Å². The van der Waals surface area contributed by atoms with Gasteiger partial charge in [-0.1, -0.05) is 36.4 Å². The first-order valence-electron chi connectivity index (χ1n) is 12.3.